The number of primary amides is 1. The Balaban J connectivity index is 0.0000118. The summed E-state index contributed by atoms with van der Waals surface area (Å²) < 4.78 is 46.0. The van der Waals surface area contributed by atoms with Crippen molar-refractivity contribution in [2.45, 2.75) is 132 Å². The minimum Gasteiger partial charge on any atom is -0.716 e. The second-order valence-electron chi connectivity index (χ2n) is 22.1. The van der Waals surface area contributed by atoms with Crippen LogP contribution >= 0.6 is 11.3 Å². The number of unbranched alkanes of at least 4 members (excludes halogenated alkanes) is 1. The van der Waals surface area contributed by atoms with Crippen LogP contribution in [0.5, 0.6) is 17.2 Å². The largest absolute Gasteiger partial charge is 1.00 e. The third-order valence-corrected chi connectivity index (χ3v) is 16.7. The van der Waals surface area contributed by atoms with Gasteiger partial charge in [-0.3, -0.25) is 38.4 Å². The molecule has 0 radical (unpaired) electrons. The van der Waals surface area contributed by atoms with Crippen LogP contribution in [0.1, 0.15) is 74.9 Å². The Morgan fingerprint density at radius 1 is 0.835 bits per heavy atom. The van der Waals surface area contributed by atoms with Crippen LogP contribution in [0.4, 0.5) is 0 Å². The first-order valence-electron chi connectivity index (χ1n) is 28.4. The number of aromatic nitrogens is 3. The average Bonchev–Trinajstić information content (AvgIpc) is 1.75. The molecule has 8 rings (SSSR count). The van der Waals surface area contributed by atoms with E-state index >= 15 is 0 Å². The van der Waals surface area contributed by atoms with Gasteiger partial charge in [0.2, 0.25) is 46.3 Å². The van der Waals surface area contributed by atoms with Gasteiger partial charge in [-0.05, 0) is 67.4 Å². The van der Waals surface area contributed by atoms with E-state index in [4.69, 9.17) is 15.5 Å². The SMILES string of the molecule is CCCCOc1ccc(-c2nn3cc(-c4ccc(C(=O)N[C@H]5C[C@@H](O)CNC(=O)C6[C@@H](O)[C@@H](C)CN6C(=O)C([C@H](O)CC(N)=O)NC(=O)C([C@H](O)[C@@H](O)c6ccc(O)c(OS(=O)(=O)[O-])c6)NC(=O)C6C[C@@H](O)CN6C(=O)C([C@H](C)O)NC5=O)cc4)nc3s2)cc1.[Na+]. The van der Waals surface area contributed by atoms with Crippen molar-refractivity contribution in [3.8, 4) is 39.1 Å². The molecule has 5 heterocycles. The smallest absolute Gasteiger partial charge is 0.716 e. The summed E-state index contributed by atoms with van der Waals surface area (Å²) in [5.74, 6) is -12.5. The average molecular weight is 1320 g/mol. The van der Waals surface area contributed by atoms with Crippen molar-refractivity contribution < 1.29 is 131 Å². The monoisotopic (exact) mass is 1320 g/mol. The number of amides is 8. The number of aliphatic hydroxyl groups excluding tert-OH is 7. The van der Waals surface area contributed by atoms with Gasteiger partial charge in [-0.15, -0.1) is 0 Å². The molecule has 2 aromatic heterocycles. The van der Waals surface area contributed by atoms with E-state index in [1.807, 2.05) is 24.3 Å². The molecule has 3 aliphatic heterocycles. The Bertz CT molecular complexity index is 3570. The molecule has 5 unspecified atom stereocenters. The van der Waals surface area contributed by atoms with Crippen molar-refractivity contribution in [2.75, 3.05) is 26.2 Å². The number of benzene rings is 3. The molecule has 0 saturated carbocycles. The van der Waals surface area contributed by atoms with E-state index in [1.54, 1.807) is 22.8 Å². The molecule has 3 aliphatic rings. The molecular formula is C56H68N11NaO21S2. The first-order chi connectivity index (χ1) is 42.5. The van der Waals surface area contributed by atoms with Crippen LogP contribution in [0, 0.1) is 5.92 Å². The van der Waals surface area contributed by atoms with Gasteiger partial charge in [0.1, 0.15) is 59.2 Å². The van der Waals surface area contributed by atoms with Crippen LogP contribution in [-0.2, 0) is 44.0 Å². The number of nitrogens with two attached hydrogens (primary N) is 1. The molecule has 0 aliphatic carbocycles. The minimum atomic E-state index is -5.59. The summed E-state index contributed by atoms with van der Waals surface area (Å²) in [6.45, 7) is 3.20. The first kappa shape index (κ1) is 71.0. The van der Waals surface area contributed by atoms with Gasteiger partial charge in [-0.25, -0.2) is 17.9 Å². The Kier molecular flexibility index (Phi) is 23.7. The zero-order valence-corrected chi connectivity index (χ0v) is 53.0. The molecule has 3 saturated heterocycles. The Morgan fingerprint density at radius 3 is 2.12 bits per heavy atom. The standard InChI is InChI=1S/C56H69N11O21S2.Na/c1-4-5-16-87-33-13-10-29(11-14-33)53-64-67-24-35(60-56(67)89-53)27-6-8-28(9-7-27)48(77)59-34-18-31(69)21-58-52(81)44-45(74)25(2)22-66(44)55(83)42(38(72)20-40(57)73)62-51(80)43(47(76)46(75)30-12-15-37(71)39(17-30)88-90(84,85)86)63-50(79)36-19-32(70)23-65(36)54(82)41(26(3)68)61-49(34)78;/h6-15,17,24-26,31-32,34,36,38,41-47,68-72,74-76H,4-5,16,18-23H2,1-3H3,(H2,57,73)(H,58,81)(H,59,77)(H,61,78)(H,62,80)(H,63,79)(H,84,85,86);/q;+1/p-1/t25-,26-,31+,32+,34-,36?,38+,41?,42?,43?,44?,45-,46-,47-;/m0./s1. The van der Waals surface area contributed by atoms with Gasteiger partial charge in [0.15, 0.2) is 11.5 Å². The minimum absolute atomic E-state index is 0. The number of rotatable bonds is 17. The van der Waals surface area contributed by atoms with Gasteiger partial charge in [-0.2, -0.15) is 5.10 Å². The molecule has 0 spiro atoms. The fraction of sp³-hybridized carbons (Fsp3) is 0.464. The molecule has 35 heteroatoms. The number of carbonyl (C=O) groups excluding carboxylic acids is 8. The summed E-state index contributed by atoms with van der Waals surface area (Å²) in [7, 11) is -5.59. The number of nitrogens with one attached hydrogen (secondary N) is 5. The number of hydrogen-bond acceptors (Lipinski definition) is 24. The maximum Gasteiger partial charge on any atom is 1.00 e. The molecule has 3 aromatic carbocycles. The number of aromatic hydroxyl groups is 1. The summed E-state index contributed by atoms with van der Waals surface area (Å²) in [6, 6.07) is 2.99. The summed E-state index contributed by atoms with van der Waals surface area (Å²) in [6.07, 6.45) is -13.1. The van der Waals surface area contributed by atoms with Crippen LogP contribution in [0.3, 0.4) is 0 Å². The number of phenols is 1. The van der Waals surface area contributed by atoms with Gasteiger partial charge in [0.05, 0.1) is 55.4 Å². The third-order valence-electron chi connectivity index (χ3n) is 15.3. The molecule has 8 amide bonds. The molecule has 14 atom stereocenters. The van der Waals surface area contributed by atoms with Crippen molar-refractivity contribution in [3.05, 3.63) is 84.1 Å². The third kappa shape index (κ3) is 17.2. The van der Waals surface area contributed by atoms with Gasteiger partial charge >= 0.3 is 29.6 Å². The summed E-state index contributed by atoms with van der Waals surface area (Å²) >= 11 is 1.34. The maximum absolute atomic E-state index is 14.7. The van der Waals surface area contributed by atoms with Crippen LogP contribution in [0.2, 0.25) is 0 Å². The number of fused-ring (bicyclic) bond motifs is 3. The topological polar surface area (TPSA) is 497 Å². The van der Waals surface area contributed by atoms with Crippen LogP contribution in [0.15, 0.2) is 72.9 Å². The molecule has 32 nitrogen and oxygen atoms in total. The van der Waals surface area contributed by atoms with E-state index < -0.39 is 199 Å². The summed E-state index contributed by atoms with van der Waals surface area (Å²) in [5, 5.41) is 107. The molecule has 91 heavy (non-hydrogen) atoms. The summed E-state index contributed by atoms with van der Waals surface area (Å²) in [5.41, 5.74) is 6.63. The van der Waals surface area contributed by atoms with E-state index in [-0.39, 0.29) is 35.1 Å². The van der Waals surface area contributed by atoms with Crippen LogP contribution in [0.25, 0.3) is 26.8 Å². The Labute approximate surface area is 545 Å². The predicted octanol–water partition coefficient (Wildman–Crippen LogP) is -6.83. The van der Waals surface area contributed by atoms with Gasteiger partial charge in [-0.1, -0.05) is 49.8 Å². The molecule has 5 aromatic rings. The van der Waals surface area contributed by atoms with Crippen molar-refractivity contribution >= 4 is 74.0 Å². The van der Waals surface area contributed by atoms with E-state index in [2.05, 4.69) is 42.8 Å². The van der Waals surface area contributed by atoms with Crippen molar-refractivity contribution in [2.24, 2.45) is 11.7 Å². The number of imidazole rings is 1. The number of β-amino-alcohol motifs (C(OH)–C–C–N with tert-alkyl or cyclic N) is 1. The van der Waals surface area contributed by atoms with E-state index in [9.17, 15) is 92.2 Å². The number of phenolic OH excluding ortho intramolecular Hbond substituents is 1. The van der Waals surface area contributed by atoms with Gasteiger partial charge < -0.3 is 96.4 Å². The number of carbonyl (C=O) groups is 8. The molecular weight excluding hydrogens is 1250 g/mol. The fourth-order valence-corrected chi connectivity index (χ4v) is 11.7. The maximum atomic E-state index is 14.7. The van der Waals surface area contributed by atoms with E-state index in [1.165, 1.54) is 30.4 Å². The zero-order valence-electron chi connectivity index (χ0n) is 49.4. The van der Waals surface area contributed by atoms with Crippen LogP contribution < -0.4 is 70.8 Å². The predicted molar refractivity (Wildman–Crippen MR) is 311 cm³/mol. The normalized spacial score (nSPS) is 25.3. The van der Waals surface area contributed by atoms with Gasteiger partial charge in [0.25, 0.3) is 16.3 Å². The van der Waals surface area contributed by atoms with E-state index in [0.29, 0.717) is 49.8 Å². The van der Waals surface area contributed by atoms with Gasteiger partial charge in [0, 0.05) is 55.1 Å². The number of ether oxygens (including phenoxy) is 1. The second kappa shape index (κ2) is 30.3. The van der Waals surface area contributed by atoms with E-state index in [0.717, 1.165) is 37.1 Å². The molecule has 0 bridgehead atoms. The second-order valence-corrected chi connectivity index (χ2v) is 24.1. The zero-order chi connectivity index (χ0) is 65.6. The number of hydrogen-bond donors (Lipinski definition) is 14. The first-order valence-corrected chi connectivity index (χ1v) is 30.5. The molecule has 3 fully saturated rings. The van der Waals surface area contributed by atoms with Crippen molar-refractivity contribution in [1.82, 2.24) is 51.0 Å². The van der Waals surface area contributed by atoms with Crippen molar-refractivity contribution in [1.29, 1.82) is 0 Å². The Hall–Kier alpha value is -7.45. The molecule has 486 valence electrons. The molecule has 15 N–H and O–H groups in total. The van der Waals surface area contributed by atoms with Crippen molar-refractivity contribution in [3.63, 3.8) is 0 Å². The fourth-order valence-electron chi connectivity index (χ4n) is 10.5. The Morgan fingerprint density at radius 2 is 1.48 bits per heavy atom. The summed E-state index contributed by atoms with van der Waals surface area (Å²) in [4.78, 5) is 120. The number of aliphatic hydroxyl groups is 7. The number of nitrogens with zero attached hydrogens (tertiary/aromatic N) is 5. The van der Waals surface area contributed by atoms with Crippen LogP contribution in [-0.4, -0.2) is 225 Å². The quantitative estimate of drug-likeness (QED) is 0.0178.